The zero-order valence-electron chi connectivity index (χ0n) is 14.7. The second kappa shape index (κ2) is 7.99. The minimum absolute atomic E-state index is 0.0202. The number of nitrogens with one attached hydrogen (secondary N) is 1. The third-order valence-electron chi connectivity index (χ3n) is 5.41. The van der Waals surface area contributed by atoms with E-state index in [0.717, 1.165) is 37.9 Å². The number of hydrogen-bond acceptors (Lipinski definition) is 5. The van der Waals surface area contributed by atoms with Crippen molar-refractivity contribution >= 4 is 11.4 Å². The summed E-state index contributed by atoms with van der Waals surface area (Å²) in [5.41, 5.74) is 0.0872. The van der Waals surface area contributed by atoms with E-state index >= 15 is 0 Å². The number of rotatable bonds is 6. The fraction of sp³-hybridized carbons (Fsp3) is 0.667. The van der Waals surface area contributed by atoms with E-state index in [1.807, 2.05) is 0 Å². The predicted molar refractivity (Wildman–Crippen MR) is 94.6 cm³/mol. The number of halogens is 1. The SMILES string of the molecule is COc1cc(NC2CCN(CC3CCCC3)CC2)c([N+](=O)[O-])cc1F. The molecule has 0 aromatic heterocycles. The summed E-state index contributed by atoms with van der Waals surface area (Å²) in [5, 5.41) is 14.4. The molecule has 2 fully saturated rings. The summed E-state index contributed by atoms with van der Waals surface area (Å²) in [6.45, 7) is 3.18. The molecule has 1 saturated carbocycles. The Morgan fingerprint density at radius 3 is 2.56 bits per heavy atom. The highest BCUT2D eigenvalue weighted by Gasteiger charge is 2.26. The fourth-order valence-electron chi connectivity index (χ4n) is 4.00. The lowest BCUT2D eigenvalue weighted by Gasteiger charge is -2.34. The molecule has 0 spiro atoms. The molecule has 3 rings (SSSR count). The van der Waals surface area contributed by atoms with Crippen LogP contribution in [0.2, 0.25) is 0 Å². The van der Waals surface area contributed by atoms with Gasteiger partial charge in [0, 0.05) is 31.7 Å². The molecule has 0 amide bonds. The average molecular weight is 351 g/mol. The van der Waals surface area contributed by atoms with Gasteiger partial charge in [-0.25, -0.2) is 4.39 Å². The van der Waals surface area contributed by atoms with Crippen molar-refractivity contribution in [1.29, 1.82) is 0 Å². The van der Waals surface area contributed by atoms with Crippen LogP contribution in [0.25, 0.3) is 0 Å². The summed E-state index contributed by atoms with van der Waals surface area (Å²) in [6.07, 6.45) is 7.28. The smallest absolute Gasteiger partial charge is 0.295 e. The zero-order chi connectivity index (χ0) is 17.8. The van der Waals surface area contributed by atoms with Gasteiger partial charge in [0.15, 0.2) is 11.6 Å². The summed E-state index contributed by atoms with van der Waals surface area (Å²) in [7, 11) is 1.36. The summed E-state index contributed by atoms with van der Waals surface area (Å²) in [5.74, 6) is 0.143. The average Bonchev–Trinajstić information content (AvgIpc) is 3.10. The second-order valence-electron chi connectivity index (χ2n) is 7.13. The third-order valence-corrected chi connectivity index (χ3v) is 5.41. The van der Waals surface area contributed by atoms with E-state index in [4.69, 9.17) is 4.74 Å². The molecular weight excluding hydrogens is 325 g/mol. The first-order valence-corrected chi connectivity index (χ1v) is 9.07. The molecule has 1 aliphatic carbocycles. The highest BCUT2D eigenvalue weighted by molar-refractivity contribution is 5.65. The van der Waals surface area contributed by atoms with Crippen molar-refractivity contribution in [2.24, 2.45) is 5.92 Å². The van der Waals surface area contributed by atoms with Crippen molar-refractivity contribution in [3.8, 4) is 5.75 Å². The van der Waals surface area contributed by atoms with Crippen LogP contribution in [0.1, 0.15) is 38.5 Å². The first-order chi connectivity index (χ1) is 12.1. The van der Waals surface area contributed by atoms with Gasteiger partial charge >= 0.3 is 0 Å². The molecule has 2 aliphatic rings. The van der Waals surface area contributed by atoms with Gasteiger partial charge in [0.1, 0.15) is 5.69 Å². The van der Waals surface area contributed by atoms with E-state index in [-0.39, 0.29) is 17.5 Å². The van der Waals surface area contributed by atoms with E-state index in [2.05, 4.69) is 10.2 Å². The van der Waals surface area contributed by atoms with Crippen molar-refractivity contribution < 1.29 is 14.1 Å². The molecule has 7 heteroatoms. The maximum Gasteiger partial charge on any atom is 0.295 e. The summed E-state index contributed by atoms with van der Waals surface area (Å²) in [4.78, 5) is 13.2. The lowest BCUT2D eigenvalue weighted by molar-refractivity contribution is -0.384. The fourth-order valence-corrected chi connectivity index (χ4v) is 4.00. The highest BCUT2D eigenvalue weighted by atomic mass is 19.1. The molecule has 1 aromatic rings. The van der Waals surface area contributed by atoms with Gasteiger partial charge in [0.25, 0.3) is 5.69 Å². The predicted octanol–water partition coefficient (Wildman–Crippen LogP) is 3.81. The van der Waals surface area contributed by atoms with Crippen LogP contribution in [-0.2, 0) is 0 Å². The van der Waals surface area contributed by atoms with E-state index in [0.29, 0.717) is 5.69 Å². The van der Waals surface area contributed by atoms with Gasteiger partial charge < -0.3 is 15.0 Å². The Hall–Kier alpha value is -1.89. The molecule has 1 N–H and O–H groups in total. The summed E-state index contributed by atoms with van der Waals surface area (Å²) < 4.78 is 18.7. The van der Waals surface area contributed by atoms with Gasteiger partial charge in [-0.05, 0) is 31.6 Å². The number of benzene rings is 1. The number of anilines is 1. The molecule has 1 aliphatic heterocycles. The number of nitrogens with zero attached hydrogens (tertiary/aromatic N) is 2. The molecule has 1 heterocycles. The Kier molecular flexibility index (Phi) is 5.73. The molecule has 0 bridgehead atoms. The maximum absolute atomic E-state index is 13.8. The first-order valence-electron chi connectivity index (χ1n) is 9.07. The topological polar surface area (TPSA) is 67.6 Å². The van der Waals surface area contributed by atoms with Crippen molar-refractivity contribution in [3.05, 3.63) is 28.1 Å². The van der Waals surface area contributed by atoms with Crippen LogP contribution in [-0.4, -0.2) is 42.6 Å². The van der Waals surface area contributed by atoms with E-state index in [9.17, 15) is 14.5 Å². The summed E-state index contributed by atoms with van der Waals surface area (Å²) >= 11 is 0. The standard InChI is InChI=1S/C18H26FN3O3/c1-25-18-11-16(17(22(23)24)10-15(18)19)20-14-6-8-21(9-7-14)12-13-4-2-3-5-13/h10-11,13-14,20H,2-9,12H2,1H3. The minimum Gasteiger partial charge on any atom is -0.494 e. The minimum atomic E-state index is -0.717. The van der Waals surface area contributed by atoms with E-state index in [1.54, 1.807) is 0 Å². The van der Waals surface area contributed by atoms with Crippen LogP contribution < -0.4 is 10.1 Å². The summed E-state index contributed by atoms with van der Waals surface area (Å²) in [6, 6.07) is 2.48. The van der Waals surface area contributed by atoms with Crippen LogP contribution in [0.5, 0.6) is 5.75 Å². The van der Waals surface area contributed by atoms with Gasteiger partial charge in [0.05, 0.1) is 18.1 Å². The Bertz CT molecular complexity index is 612. The van der Waals surface area contributed by atoms with Gasteiger partial charge in [-0.2, -0.15) is 0 Å². The molecule has 1 aromatic carbocycles. The maximum atomic E-state index is 13.8. The normalized spacial score (nSPS) is 19.9. The molecule has 6 nitrogen and oxygen atoms in total. The molecule has 0 radical (unpaired) electrons. The monoisotopic (exact) mass is 351 g/mol. The van der Waals surface area contributed by atoms with Gasteiger partial charge in [-0.3, -0.25) is 10.1 Å². The number of hydrogen-bond donors (Lipinski definition) is 1. The number of methoxy groups -OCH3 is 1. The largest absolute Gasteiger partial charge is 0.494 e. The quantitative estimate of drug-likeness (QED) is 0.623. The molecule has 1 saturated heterocycles. The Morgan fingerprint density at radius 2 is 1.96 bits per heavy atom. The number of nitro groups is 1. The Balaban J connectivity index is 1.60. The van der Waals surface area contributed by atoms with Crippen molar-refractivity contribution in [2.45, 2.75) is 44.6 Å². The molecule has 0 unspecified atom stereocenters. The lowest BCUT2D eigenvalue weighted by Crippen LogP contribution is -2.41. The number of piperidine rings is 1. The Labute approximate surface area is 147 Å². The van der Waals surface area contributed by atoms with Gasteiger partial charge in [0.2, 0.25) is 0 Å². The van der Waals surface area contributed by atoms with Gasteiger partial charge in [-0.15, -0.1) is 0 Å². The van der Waals surface area contributed by atoms with Gasteiger partial charge in [-0.1, -0.05) is 12.8 Å². The van der Waals surface area contributed by atoms with Crippen molar-refractivity contribution in [3.63, 3.8) is 0 Å². The first kappa shape index (κ1) is 17.9. The molecule has 138 valence electrons. The van der Waals surface area contributed by atoms with Crippen LogP contribution >= 0.6 is 0 Å². The molecule has 25 heavy (non-hydrogen) atoms. The lowest BCUT2D eigenvalue weighted by atomic mass is 10.0. The molecular formula is C18H26FN3O3. The van der Waals surface area contributed by atoms with Crippen molar-refractivity contribution in [1.82, 2.24) is 4.90 Å². The van der Waals surface area contributed by atoms with Crippen LogP contribution in [0, 0.1) is 21.8 Å². The second-order valence-corrected chi connectivity index (χ2v) is 7.13. The molecule has 0 atom stereocenters. The Morgan fingerprint density at radius 1 is 1.28 bits per heavy atom. The van der Waals surface area contributed by atoms with Crippen LogP contribution in [0.4, 0.5) is 15.8 Å². The number of nitro benzene ring substituents is 1. The van der Waals surface area contributed by atoms with Crippen LogP contribution in [0.3, 0.4) is 0 Å². The number of ether oxygens (including phenoxy) is 1. The van der Waals surface area contributed by atoms with Crippen LogP contribution in [0.15, 0.2) is 12.1 Å². The number of likely N-dealkylation sites (tertiary alicyclic amines) is 1. The van der Waals surface area contributed by atoms with E-state index < -0.39 is 10.7 Å². The zero-order valence-corrected chi connectivity index (χ0v) is 14.7. The van der Waals surface area contributed by atoms with E-state index in [1.165, 1.54) is 45.4 Å². The highest BCUT2D eigenvalue weighted by Crippen LogP contribution is 2.33. The van der Waals surface area contributed by atoms with Crippen molar-refractivity contribution in [2.75, 3.05) is 32.1 Å². The third kappa shape index (κ3) is 4.39.